The number of rotatable bonds is 3. The minimum atomic E-state index is -0.151. The lowest BCUT2D eigenvalue weighted by molar-refractivity contribution is 0.248. The average molecular weight is 284 g/mol. The third kappa shape index (κ3) is 3.48. The van der Waals surface area contributed by atoms with E-state index in [1.165, 1.54) is 25.5 Å². The van der Waals surface area contributed by atoms with E-state index in [4.69, 9.17) is 4.98 Å². The normalized spacial score (nSPS) is 19.6. The van der Waals surface area contributed by atoms with Crippen LogP contribution in [0.2, 0.25) is 0 Å². The van der Waals surface area contributed by atoms with E-state index in [1.54, 1.807) is 6.07 Å². The summed E-state index contributed by atoms with van der Waals surface area (Å²) in [7, 11) is 2.16. The van der Waals surface area contributed by atoms with Crippen molar-refractivity contribution in [1.82, 2.24) is 9.88 Å². The Morgan fingerprint density at radius 2 is 2.05 bits per heavy atom. The molecule has 2 nitrogen and oxygen atoms in total. The van der Waals surface area contributed by atoms with Crippen molar-refractivity contribution in [3.05, 3.63) is 65.2 Å². The Hall–Kier alpha value is -1.74. The van der Waals surface area contributed by atoms with Gasteiger partial charge in [-0.15, -0.1) is 0 Å². The number of benzene rings is 1. The molecule has 21 heavy (non-hydrogen) atoms. The van der Waals surface area contributed by atoms with Crippen LogP contribution in [-0.2, 0) is 6.42 Å². The summed E-state index contributed by atoms with van der Waals surface area (Å²) in [4.78, 5) is 7.13. The van der Waals surface area contributed by atoms with E-state index < -0.39 is 0 Å². The lowest BCUT2D eigenvalue weighted by Gasteiger charge is -2.29. The van der Waals surface area contributed by atoms with Crippen molar-refractivity contribution in [1.29, 1.82) is 0 Å². The summed E-state index contributed by atoms with van der Waals surface area (Å²) in [6.45, 7) is 2.24. The van der Waals surface area contributed by atoms with Crippen LogP contribution in [0, 0.1) is 5.82 Å². The van der Waals surface area contributed by atoms with Crippen molar-refractivity contribution < 1.29 is 4.39 Å². The molecule has 0 unspecified atom stereocenters. The Morgan fingerprint density at radius 3 is 2.86 bits per heavy atom. The Kier molecular flexibility index (Phi) is 4.30. The zero-order valence-electron chi connectivity index (χ0n) is 12.4. The summed E-state index contributed by atoms with van der Waals surface area (Å²) in [6.07, 6.45) is 2.98. The van der Waals surface area contributed by atoms with Crippen molar-refractivity contribution in [2.24, 2.45) is 0 Å². The van der Waals surface area contributed by atoms with E-state index in [-0.39, 0.29) is 5.82 Å². The molecule has 1 saturated heterocycles. The summed E-state index contributed by atoms with van der Waals surface area (Å²) < 4.78 is 13.7. The van der Waals surface area contributed by atoms with Crippen LogP contribution in [0.25, 0.3) is 0 Å². The topological polar surface area (TPSA) is 16.1 Å². The van der Waals surface area contributed by atoms with Gasteiger partial charge in [0.05, 0.1) is 0 Å². The van der Waals surface area contributed by atoms with Gasteiger partial charge in [-0.25, -0.2) is 4.39 Å². The first-order valence-electron chi connectivity index (χ1n) is 7.60. The first-order chi connectivity index (χ1) is 10.2. The monoisotopic (exact) mass is 284 g/mol. The molecule has 1 aromatic carbocycles. The molecule has 0 saturated carbocycles. The van der Waals surface area contributed by atoms with Crippen LogP contribution in [0.1, 0.15) is 35.7 Å². The quantitative estimate of drug-likeness (QED) is 0.856. The van der Waals surface area contributed by atoms with Crippen molar-refractivity contribution >= 4 is 0 Å². The smallest absolute Gasteiger partial charge is 0.126 e. The van der Waals surface area contributed by atoms with E-state index in [1.807, 2.05) is 24.3 Å². The molecule has 0 bridgehead atoms. The van der Waals surface area contributed by atoms with Crippen LogP contribution >= 0.6 is 0 Å². The largest absolute Gasteiger partial charge is 0.306 e. The fourth-order valence-corrected chi connectivity index (χ4v) is 3.07. The highest BCUT2D eigenvalue weighted by atomic mass is 19.1. The van der Waals surface area contributed by atoms with Gasteiger partial charge < -0.3 is 4.90 Å². The molecule has 1 aliphatic heterocycles. The minimum Gasteiger partial charge on any atom is -0.306 e. The SMILES string of the molecule is CN1CCC[C@H](c2cccc(Cc3ccccc3F)n2)C1. The molecule has 1 fully saturated rings. The van der Waals surface area contributed by atoms with Gasteiger partial charge in [-0.05, 0) is 50.2 Å². The van der Waals surface area contributed by atoms with Crippen molar-refractivity contribution in [3.63, 3.8) is 0 Å². The number of aromatic nitrogens is 1. The van der Waals surface area contributed by atoms with Crippen LogP contribution in [0.15, 0.2) is 42.5 Å². The maximum Gasteiger partial charge on any atom is 0.126 e. The summed E-state index contributed by atoms with van der Waals surface area (Å²) in [5.41, 5.74) is 2.81. The molecule has 1 aliphatic rings. The summed E-state index contributed by atoms with van der Waals surface area (Å²) >= 11 is 0. The average Bonchev–Trinajstić information content (AvgIpc) is 2.50. The zero-order valence-corrected chi connectivity index (χ0v) is 12.4. The molecule has 0 spiro atoms. The van der Waals surface area contributed by atoms with E-state index in [0.29, 0.717) is 17.9 Å². The van der Waals surface area contributed by atoms with Crippen molar-refractivity contribution in [2.75, 3.05) is 20.1 Å². The molecular formula is C18H21FN2. The molecular weight excluding hydrogens is 263 g/mol. The van der Waals surface area contributed by atoms with Crippen LogP contribution < -0.4 is 0 Å². The molecule has 0 radical (unpaired) electrons. The number of hydrogen-bond acceptors (Lipinski definition) is 2. The zero-order chi connectivity index (χ0) is 14.7. The van der Waals surface area contributed by atoms with Crippen LogP contribution in [-0.4, -0.2) is 30.0 Å². The first kappa shape index (κ1) is 14.2. The van der Waals surface area contributed by atoms with Crippen LogP contribution in [0.4, 0.5) is 4.39 Å². The Labute approximate surface area is 125 Å². The fourth-order valence-electron chi connectivity index (χ4n) is 3.07. The van der Waals surface area contributed by atoms with E-state index >= 15 is 0 Å². The number of halogens is 1. The number of hydrogen-bond donors (Lipinski definition) is 0. The number of likely N-dealkylation sites (N-methyl/N-ethyl adjacent to an activating group) is 1. The first-order valence-corrected chi connectivity index (χ1v) is 7.60. The molecule has 2 aromatic rings. The molecule has 3 heteroatoms. The highest BCUT2D eigenvalue weighted by Crippen LogP contribution is 2.25. The van der Waals surface area contributed by atoms with Gasteiger partial charge in [-0.2, -0.15) is 0 Å². The van der Waals surface area contributed by atoms with E-state index in [9.17, 15) is 4.39 Å². The van der Waals surface area contributed by atoms with E-state index in [2.05, 4.69) is 18.0 Å². The van der Waals surface area contributed by atoms with Gasteiger partial charge in [0.15, 0.2) is 0 Å². The number of likely N-dealkylation sites (tertiary alicyclic amines) is 1. The van der Waals surface area contributed by atoms with Crippen molar-refractivity contribution in [2.45, 2.75) is 25.2 Å². The molecule has 0 N–H and O–H groups in total. The molecule has 1 aromatic heterocycles. The van der Waals surface area contributed by atoms with Gasteiger partial charge in [-0.3, -0.25) is 4.98 Å². The summed E-state index contributed by atoms with van der Waals surface area (Å²) in [6, 6.07) is 13.1. The van der Waals surface area contributed by atoms with Gasteiger partial charge in [0.1, 0.15) is 5.82 Å². The summed E-state index contributed by atoms with van der Waals surface area (Å²) in [5, 5.41) is 0. The predicted octanol–water partition coefficient (Wildman–Crippen LogP) is 3.62. The second kappa shape index (κ2) is 6.35. The highest BCUT2D eigenvalue weighted by molar-refractivity contribution is 5.25. The maximum atomic E-state index is 13.7. The molecule has 1 atom stereocenters. The van der Waals surface area contributed by atoms with Gasteiger partial charge in [0, 0.05) is 30.3 Å². The van der Waals surface area contributed by atoms with Crippen molar-refractivity contribution in [3.8, 4) is 0 Å². The lowest BCUT2D eigenvalue weighted by Crippen LogP contribution is -2.31. The second-order valence-corrected chi connectivity index (χ2v) is 5.92. The Bertz CT molecular complexity index is 612. The minimum absolute atomic E-state index is 0.151. The standard InChI is InChI=1S/C18H21FN2/c1-21-11-5-7-15(13-21)18-10-4-8-16(20-18)12-14-6-2-3-9-17(14)19/h2-4,6,8-10,15H,5,7,11-13H2,1H3/t15-/m0/s1. The predicted molar refractivity (Wildman–Crippen MR) is 82.9 cm³/mol. The van der Waals surface area contributed by atoms with Gasteiger partial charge in [0.25, 0.3) is 0 Å². The Balaban J connectivity index is 1.78. The fraction of sp³-hybridized carbons (Fsp3) is 0.389. The number of pyridine rings is 1. The molecule has 0 amide bonds. The third-order valence-corrected chi connectivity index (χ3v) is 4.20. The third-order valence-electron chi connectivity index (χ3n) is 4.20. The number of piperidine rings is 1. The second-order valence-electron chi connectivity index (χ2n) is 5.92. The lowest BCUT2D eigenvalue weighted by atomic mass is 9.94. The molecule has 110 valence electrons. The van der Waals surface area contributed by atoms with Gasteiger partial charge >= 0.3 is 0 Å². The summed E-state index contributed by atoms with van der Waals surface area (Å²) in [5.74, 6) is 0.353. The molecule has 3 rings (SSSR count). The Morgan fingerprint density at radius 1 is 1.19 bits per heavy atom. The number of nitrogens with zero attached hydrogens (tertiary/aromatic N) is 2. The molecule has 0 aliphatic carbocycles. The van der Waals surface area contributed by atoms with Gasteiger partial charge in [0.2, 0.25) is 0 Å². The van der Waals surface area contributed by atoms with Crippen LogP contribution in [0.5, 0.6) is 0 Å². The van der Waals surface area contributed by atoms with E-state index in [0.717, 1.165) is 17.9 Å². The maximum absolute atomic E-state index is 13.7. The molecule has 2 heterocycles. The highest BCUT2D eigenvalue weighted by Gasteiger charge is 2.20. The van der Waals surface area contributed by atoms with Crippen LogP contribution in [0.3, 0.4) is 0 Å². The van der Waals surface area contributed by atoms with Gasteiger partial charge in [-0.1, -0.05) is 24.3 Å².